The number of fused-ring (bicyclic) bond motifs is 1. The van der Waals surface area contributed by atoms with E-state index >= 15 is 0 Å². The molecule has 28 heavy (non-hydrogen) atoms. The molecule has 0 bridgehead atoms. The summed E-state index contributed by atoms with van der Waals surface area (Å²) in [7, 11) is 0. The minimum atomic E-state index is -0.980. The highest BCUT2D eigenvalue weighted by molar-refractivity contribution is 6.04. The van der Waals surface area contributed by atoms with Crippen LogP contribution in [0, 0.1) is 10.1 Å². The Balaban J connectivity index is 1.96. The Morgan fingerprint density at radius 3 is 2.68 bits per heavy atom. The number of anilines is 1. The third-order valence-electron chi connectivity index (χ3n) is 4.04. The maximum Gasteiger partial charge on any atom is 0.307 e. The average Bonchev–Trinajstić information content (AvgIpc) is 2.98. The number of amides is 1. The van der Waals surface area contributed by atoms with Crippen LogP contribution in [0.3, 0.4) is 0 Å². The number of aliphatic hydroxyl groups excluding tert-OH is 1. The molecule has 0 spiro atoms. The van der Waals surface area contributed by atoms with Crippen molar-refractivity contribution in [3.8, 4) is 0 Å². The lowest BCUT2D eigenvalue weighted by molar-refractivity contribution is -0.384. The highest BCUT2D eigenvalue weighted by Crippen LogP contribution is 2.22. The molecule has 3 aromatic rings. The first-order chi connectivity index (χ1) is 13.4. The van der Waals surface area contributed by atoms with Crippen LogP contribution in [0.2, 0.25) is 0 Å². The molecule has 10 heteroatoms. The molecule has 1 aromatic heterocycles. The Kier molecular flexibility index (Phi) is 5.32. The van der Waals surface area contributed by atoms with Crippen molar-refractivity contribution >= 4 is 34.5 Å². The van der Waals surface area contributed by atoms with Crippen LogP contribution < -0.4 is 5.32 Å². The molecule has 0 aliphatic heterocycles. The molecule has 0 atom stereocenters. The van der Waals surface area contributed by atoms with Crippen molar-refractivity contribution in [3.63, 3.8) is 0 Å². The number of carbonyl (C=O) groups excluding carboxylic acids is 1. The quantitative estimate of drug-likeness (QED) is 0.416. The predicted octanol–water partition coefficient (Wildman–Crippen LogP) is 1.82. The Hall–Kier alpha value is -3.79. The Morgan fingerprint density at radius 1 is 1.21 bits per heavy atom. The summed E-state index contributed by atoms with van der Waals surface area (Å²) in [5.74, 6) is -1.43. The fourth-order valence-electron chi connectivity index (χ4n) is 2.81. The Morgan fingerprint density at radius 2 is 2.00 bits per heavy atom. The van der Waals surface area contributed by atoms with Gasteiger partial charge in [-0.25, -0.2) is 4.98 Å². The van der Waals surface area contributed by atoms with Crippen LogP contribution in [0.25, 0.3) is 11.0 Å². The Bertz CT molecular complexity index is 1080. The van der Waals surface area contributed by atoms with Crippen molar-refractivity contribution in [1.82, 2.24) is 9.55 Å². The van der Waals surface area contributed by atoms with Crippen LogP contribution in [0.15, 0.2) is 42.5 Å². The lowest BCUT2D eigenvalue weighted by Gasteiger charge is -2.09. The standard InChI is InChI=1S/C18H16N4O6/c23-7-6-21-15-8-11(9-16(24)25)4-5-14(15)19-18(21)20-17(26)12-2-1-3-13(10-12)22(27)28/h1-5,8,10,23H,6-7,9H2,(H,24,25)(H,19,20,26). The van der Waals surface area contributed by atoms with Gasteiger partial charge in [0.2, 0.25) is 5.95 Å². The van der Waals surface area contributed by atoms with Gasteiger partial charge in [-0.15, -0.1) is 0 Å². The number of non-ortho nitro benzene ring substituents is 1. The van der Waals surface area contributed by atoms with Gasteiger partial charge in [-0.2, -0.15) is 0 Å². The van der Waals surface area contributed by atoms with Gasteiger partial charge in [0, 0.05) is 24.2 Å². The topological polar surface area (TPSA) is 148 Å². The van der Waals surface area contributed by atoms with E-state index in [2.05, 4.69) is 10.3 Å². The third-order valence-corrected chi connectivity index (χ3v) is 4.04. The molecule has 1 heterocycles. The van der Waals surface area contributed by atoms with E-state index in [0.29, 0.717) is 16.6 Å². The number of carboxylic acids is 1. The third kappa shape index (κ3) is 3.96. The number of aliphatic hydroxyl groups is 1. The van der Waals surface area contributed by atoms with E-state index in [9.17, 15) is 24.8 Å². The van der Waals surface area contributed by atoms with Crippen molar-refractivity contribution in [2.24, 2.45) is 0 Å². The van der Waals surface area contributed by atoms with Gasteiger partial charge in [0.05, 0.1) is 29.0 Å². The van der Waals surface area contributed by atoms with Crippen LogP contribution in [-0.4, -0.2) is 43.2 Å². The van der Waals surface area contributed by atoms with Crippen LogP contribution in [0.1, 0.15) is 15.9 Å². The molecule has 2 aromatic carbocycles. The number of aliphatic carboxylic acids is 1. The normalized spacial score (nSPS) is 10.8. The van der Waals surface area contributed by atoms with Crippen molar-refractivity contribution < 1.29 is 24.7 Å². The Labute approximate surface area is 158 Å². The number of rotatable bonds is 7. The zero-order valence-corrected chi connectivity index (χ0v) is 14.5. The van der Waals surface area contributed by atoms with Gasteiger partial charge in [-0.3, -0.25) is 25.0 Å². The van der Waals surface area contributed by atoms with Gasteiger partial charge >= 0.3 is 5.97 Å². The van der Waals surface area contributed by atoms with Gasteiger partial charge in [0.15, 0.2) is 0 Å². The molecular formula is C18H16N4O6. The highest BCUT2D eigenvalue weighted by Gasteiger charge is 2.17. The van der Waals surface area contributed by atoms with Crippen molar-refractivity contribution in [1.29, 1.82) is 0 Å². The van der Waals surface area contributed by atoms with Crippen LogP contribution in [0.5, 0.6) is 0 Å². The molecule has 144 valence electrons. The monoisotopic (exact) mass is 384 g/mol. The number of nitrogens with zero attached hydrogens (tertiary/aromatic N) is 3. The van der Waals surface area contributed by atoms with Gasteiger partial charge in [-0.1, -0.05) is 12.1 Å². The number of benzene rings is 2. The molecular weight excluding hydrogens is 368 g/mol. The lowest BCUT2D eigenvalue weighted by Crippen LogP contribution is -2.17. The maximum absolute atomic E-state index is 12.5. The minimum Gasteiger partial charge on any atom is -0.481 e. The van der Waals surface area contributed by atoms with Gasteiger partial charge in [0.1, 0.15) is 0 Å². The molecule has 0 saturated heterocycles. The second kappa shape index (κ2) is 7.84. The summed E-state index contributed by atoms with van der Waals surface area (Å²) in [6, 6.07) is 10.2. The van der Waals surface area contributed by atoms with E-state index in [1.165, 1.54) is 18.2 Å². The highest BCUT2D eigenvalue weighted by atomic mass is 16.6. The van der Waals surface area contributed by atoms with E-state index in [1.807, 2.05) is 0 Å². The molecule has 1 amide bonds. The number of imidazole rings is 1. The predicted molar refractivity (Wildman–Crippen MR) is 99.2 cm³/mol. The summed E-state index contributed by atoms with van der Waals surface area (Å²) in [5, 5.41) is 31.8. The van der Waals surface area contributed by atoms with E-state index < -0.39 is 16.8 Å². The van der Waals surface area contributed by atoms with Crippen molar-refractivity contribution in [2.75, 3.05) is 11.9 Å². The second-order valence-electron chi connectivity index (χ2n) is 5.97. The molecule has 3 rings (SSSR count). The first-order valence-corrected chi connectivity index (χ1v) is 8.26. The summed E-state index contributed by atoms with van der Waals surface area (Å²) in [6.45, 7) is -0.105. The number of nitrogens with one attached hydrogen (secondary N) is 1. The maximum atomic E-state index is 12.5. The summed E-state index contributed by atoms with van der Waals surface area (Å²) in [4.78, 5) is 38.0. The van der Waals surface area contributed by atoms with E-state index in [4.69, 9.17) is 5.11 Å². The average molecular weight is 384 g/mol. The minimum absolute atomic E-state index is 0.0865. The molecule has 0 aliphatic rings. The molecule has 0 unspecified atom stereocenters. The first-order valence-electron chi connectivity index (χ1n) is 8.26. The zero-order valence-electron chi connectivity index (χ0n) is 14.5. The molecule has 0 fully saturated rings. The smallest absolute Gasteiger partial charge is 0.307 e. The molecule has 0 radical (unpaired) electrons. The number of hydrogen-bond acceptors (Lipinski definition) is 6. The van der Waals surface area contributed by atoms with Crippen LogP contribution >= 0.6 is 0 Å². The van der Waals surface area contributed by atoms with E-state index in [0.717, 1.165) is 6.07 Å². The van der Waals surface area contributed by atoms with Crippen LogP contribution in [-0.2, 0) is 17.8 Å². The summed E-state index contributed by atoms with van der Waals surface area (Å²) >= 11 is 0. The summed E-state index contributed by atoms with van der Waals surface area (Å²) < 4.78 is 1.55. The van der Waals surface area contributed by atoms with Crippen molar-refractivity contribution in [3.05, 3.63) is 63.7 Å². The summed E-state index contributed by atoms with van der Waals surface area (Å²) in [6.07, 6.45) is -0.171. The second-order valence-corrected chi connectivity index (χ2v) is 5.97. The fourth-order valence-corrected chi connectivity index (χ4v) is 2.81. The lowest BCUT2D eigenvalue weighted by atomic mass is 10.1. The SMILES string of the molecule is O=C(O)Cc1ccc2nc(NC(=O)c3cccc([N+](=O)[O-])c3)n(CCO)c2c1. The molecule has 0 saturated carbocycles. The molecule has 3 N–H and O–H groups in total. The number of nitro groups is 1. The zero-order chi connectivity index (χ0) is 20.3. The van der Waals surface area contributed by atoms with E-state index in [1.54, 1.807) is 22.8 Å². The number of nitro benzene ring substituents is 1. The van der Waals surface area contributed by atoms with Crippen LogP contribution in [0.4, 0.5) is 11.6 Å². The van der Waals surface area contributed by atoms with Crippen molar-refractivity contribution in [2.45, 2.75) is 13.0 Å². The van der Waals surface area contributed by atoms with Gasteiger partial charge in [-0.05, 0) is 23.8 Å². The fraction of sp³-hybridized carbons (Fsp3) is 0.167. The van der Waals surface area contributed by atoms with Gasteiger partial charge < -0.3 is 14.8 Å². The molecule has 0 aliphatic carbocycles. The number of hydrogen-bond donors (Lipinski definition) is 3. The first kappa shape index (κ1) is 19.0. The number of carboxylic acid groups (broad SMARTS) is 1. The number of aromatic nitrogens is 2. The number of carbonyl (C=O) groups is 2. The molecule has 10 nitrogen and oxygen atoms in total. The van der Waals surface area contributed by atoms with Gasteiger partial charge in [0.25, 0.3) is 11.6 Å². The van der Waals surface area contributed by atoms with E-state index in [-0.39, 0.29) is 36.8 Å². The summed E-state index contributed by atoms with van der Waals surface area (Å²) in [5.41, 5.74) is 1.49. The largest absolute Gasteiger partial charge is 0.481 e.